The first-order valence-electron chi connectivity index (χ1n) is 5.52. The van der Waals surface area contributed by atoms with E-state index in [1.165, 1.54) is 18.2 Å². The van der Waals surface area contributed by atoms with Gasteiger partial charge in [0.05, 0.1) is 16.4 Å². The second kappa shape index (κ2) is 5.50. The molecule has 0 amide bonds. The lowest BCUT2D eigenvalue weighted by Crippen LogP contribution is -2.17. The first-order chi connectivity index (χ1) is 9.35. The molecule has 0 heterocycles. The summed E-state index contributed by atoms with van der Waals surface area (Å²) in [6, 6.07) is 10.3. The molecular formula is C13H10ClF3N2O. The Hall–Kier alpha value is -2.08. The number of hydrogen-bond acceptors (Lipinski definition) is 3. The van der Waals surface area contributed by atoms with Gasteiger partial charge in [0.25, 0.3) is 0 Å². The number of anilines is 3. The lowest BCUT2D eigenvalue weighted by molar-refractivity contribution is -0.274. The Morgan fingerprint density at radius 3 is 2.45 bits per heavy atom. The average molecular weight is 303 g/mol. The fourth-order valence-corrected chi connectivity index (χ4v) is 1.82. The molecule has 0 aliphatic rings. The van der Waals surface area contributed by atoms with Gasteiger partial charge in [-0.2, -0.15) is 0 Å². The Morgan fingerprint density at radius 2 is 1.80 bits per heavy atom. The third-order valence-corrected chi connectivity index (χ3v) is 2.70. The van der Waals surface area contributed by atoms with E-state index in [2.05, 4.69) is 10.1 Å². The minimum atomic E-state index is -4.73. The van der Waals surface area contributed by atoms with Crippen LogP contribution in [0.1, 0.15) is 0 Å². The van der Waals surface area contributed by atoms with Gasteiger partial charge >= 0.3 is 6.36 Å². The summed E-state index contributed by atoms with van der Waals surface area (Å²) in [5.74, 6) is -0.326. The monoisotopic (exact) mass is 302 g/mol. The second-order valence-electron chi connectivity index (χ2n) is 3.90. The maximum atomic E-state index is 12.1. The minimum absolute atomic E-state index is 0.326. The number of nitrogens with one attached hydrogen (secondary N) is 1. The maximum absolute atomic E-state index is 12.1. The highest BCUT2D eigenvalue weighted by Gasteiger charge is 2.31. The molecule has 0 fully saturated rings. The van der Waals surface area contributed by atoms with Crippen molar-refractivity contribution in [2.24, 2.45) is 0 Å². The normalized spacial score (nSPS) is 11.2. The van der Waals surface area contributed by atoms with Gasteiger partial charge in [0.2, 0.25) is 0 Å². The van der Waals surface area contributed by atoms with Crippen LogP contribution < -0.4 is 15.8 Å². The predicted molar refractivity (Wildman–Crippen MR) is 72.3 cm³/mol. The second-order valence-corrected chi connectivity index (χ2v) is 4.31. The lowest BCUT2D eigenvalue weighted by atomic mass is 10.2. The molecule has 0 spiro atoms. The van der Waals surface area contributed by atoms with Gasteiger partial charge in [0.1, 0.15) is 5.75 Å². The van der Waals surface area contributed by atoms with Crippen LogP contribution in [0.4, 0.5) is 30.2 Å². The molecule has 20 heavy (non-hydrogen) atoms. The Labute approximate surface area is 118 Å². The van der Waals surface area contributed by atoms with Crippen molar-refractivity contribution in [3.8, 4) is 5.75 Å². The van der Waals surface area contributed by atoms with Crippen molar-refractivity contribution in [3.05, 3.63) is 47.5 Å². The summed E-state index contributed by atoms with van der Waals surface area (Å²) in [5, 5.41) is 3.23. The highest BCUT2D eigenvalue weighted by Crippen LogP contribution is 2.32. The number of benzene rings is 2. The van der Waals surface area contributed by atoms with E-state index >= 15 is 0 Å². The molecule has 0 aliphatic heterocycles. The molecular weight excluding hydrogens is 293 g/mol. The third-order valence-electron chi connectivity index (χ3n) is 2.38. The fraction of sp³-hybridized carbons (Fsp3) is 0.0769. The summed E-state index contributed by atoms with van der Waals surface area (Å²) in [4.78, 5) is 0. The summed E-state index contributed by atoms with van der Waals surface area (Å²) in [6.45, 7) is 0. The van der Waals surface area contributed by atoms with Crippen LogP contribution >= 0.6 is 11.6 Å². The van der Waals surface area contributed by atoms with Gasteiger partial charge in [0, 0.05) is 11.8 Å². The number of nitrogen functional groups attached to an aromatic ring is 1. The average Bonchev–Trinajstić information content (AvgIpc) is 2.32. The van der Waals surface area contributed by atoms with Gasteiger partial charge in [-0.15, -0.1) is 13.2 Å². The molecule has 0 aromatic heterocycles. The van der Waals surface area contributed by atoms with E-state index in [9.17, 15) is 13.2 Å². The molecule has 0 unspecified atom stereocenters. The minimum Gasteiger partial charge on any atom is -0.406 e. The van der Waals surface area contributed by atoms with E-state index in [0.717, 1.165) is 0 Å². The van der Waals surface area contributed by atoms with Crippen molar-refractivity contribution in [1.29, 1.82) is 0 Å². The van der Waals surface area contributed by atoms with Crippen LogP contribution in [0.5, 0.6) is 5.75 Å². The molecule has 3 N–H and O–H groups in total. The van der Waals surface area contributed by atoms with Gasteiger partial charge < -0.3 is 15.8 Å². The van der Waals surface area contributed by atoms with Gasteiger partial charge in [-0.1, -0.05) is 23.7 Å². The molecule has 2 rings (SSSR count). The summed E-state index contributed by atoms with van der Waals surface area (Å²) >= 11 is 5.97. The van der Waals surface area contributed by atoms with Gasteiger partial charge in [-0.25, -0.2) is 0 Å². The molecule has 7 heteroatoms. The van der Waals surface area contributed by atoms with Crippen LogP contribution in [0.25, 0.3) is 0 Å². The molecule has 0 aliphatic carbocycles. The molecule has 2 aromatic carbocycles. The standard InChI is InChI=1S/C13H10ClF3N2O/c14-10-5-2-6-11(18)12(10)19-8-3-1-4-9(7-8)20-13(15,16)17/h1-7,19H,18H2. The highest BCUT2D eigenvalue weighted by atomic mass is 35.5. The van der Waals surface area contributed by atoms with E-state index in [4.69, 9.17) is 17.3 Å². The summed E-state index contributed by atoms with van der Waals surface area (Å²) in [6.07, 6.45) is -4.73. The topological polar surface area (TPSA) is 47.3 Å². The van der Waals surface area contributed by atoms with E-state index in [1.54, 1.807) is 24.3 Å². The van der Waals surface area contributed by atoms with Crippen LogP contribution in [0.3, 0.4) is 0 Å². The number of para-hydroxylation sites is 1. The summed E-state index contributed by atoms with van der Waals surface area (Å²) in [5.41, 5.74) is 6.95. The SMILES string of the molecule is Nc1cccc(Cl)c1Nc1cccc(OC(F)(F)F)c1. The van der Waals surface area contributed by atoms with Crippen molar-refractivity contribution in [2.45, 2.75) is 6.36 Å². The fourth-order valence-electron chi connectivity index (χ4n) is 1.59. The van der Waals surface area contributed by atoms with Crippen LogP contribution in [-0.4, -0.2) is 6.36 Å². The molecule has 0 saturated carbocycles. The van der Waals surface area contributed by atoms with Crippen LogP contribution in [0.15, 0.2) is 42.5 Å². The van der Waals surface area contributed by atoms with Crippen molar-refractivity contribution >= 4 is 28.7 Å². The first kappa shape index (κ1) is 14.3. The molecule has 0 bridgehead atoms. The third kappa shape index (κ3) is 3.71. The first-order valence-corrected chi connectivity index (χ1v) is 5.90. The molecule has 0 saturated heterocycles. The number of halogens is 4. The molecule has 2 aromatic rings. The van der Waals surface area contributed by atoms with Gasteiger partial charge in [-0.3, -0.25) is 0 Å². The Bertz CT molecular complexity index is 597. The van der Waals surface area contributed by atoms with Crippen molar-refractivity contribution in [2.75, 3.05) is 11.1 Å². The molecule has 0 radical (unpaired) electrons. The van der Waals surface area contributed by atoms with Crippen LogP contribution in [0.2, 0.25) is 5.02 Å². The number of nitrogens with two attached hydrogens (primary N) is 1. The van der Waals surface area contributed by atoms with Crippen molar-refractivity contribution < 1.29 is 17.9 Å². The number of rotatable bonds is 3. The number of hydrogen-bond donors (Lipinski definition) is 2. The zero-order chi connectivity index (χ0) is 14.8. The van der Waals surface area contributed by atoms with Gasteiger partial charge in [0.15, 0.2) is 0 Å². The Morgan fingerprint density at radius 1 is 1.10 bits per heavy atom. The smallest absolute Gasteiger partial charge is 0.406 e. The number of ether oxygens (including phenoxy) is 1. The quantitative estimate of drug-likeness (QED) is 0.817. The van der Waals surface area contributed by atoms with Gasteiger partial charge in [-0.05, 0) is 24.3 Å². The summed E-state index contributed by atoms with van der Waals surface area (Å²) < 4.78 is 40.3. The van der Waals surface area contributed by atoms with Crippen molar-refractivity contribution in [3.63, 3.8) is 0 Å². The van der Waals surface area contributed by atoms with E-state index in [0.29, 0.717) is 22.1 Å². The highest BCUT2D eigenvalue weighted by molar-refractivity contribution is 6.34. The zero-order valence-electron chi connectivity index (χ0n) is 10.0. The van der Waals surface area contributed by atoms with Crippen LogP contribution in [-0.2, 0) is 0 Å². The maximum Gasteiger partial charge on any atom is 0.573 e. The summed E-state index contributed by atoms with van der Waals surface area (Å²) in [7, 11) is 0. The van der Waals surface area contributed by atoms with E-state index < -0.39 is 6.36 Å². The molecule has 0 atom stereocenters. The van der Waals surface area contributed by atoms with Crippen molar-refractivity contribution in [1.82, 2.24) is 0 Å². The molecule has 3 nitrogen and oxygen atoms in total. The Balaban J connectivity index is 2.24. The van der Waals surface area contributed by atoms with Crippen LogP contribution in [0, 0.1) is 0 Å². The number of alkyl halides is 3. The predicted octanol–water partition coefficient (Wildman–Crippen LogP) is 4.56. The lowest BCUT2D eigenvalue weighted by Gasteiger charge is -2.13. The largest absolute Gasteiger partial charge is 0.573 e. The Kier molecular flexibility index (Phi) is 3.94. The van der Waals surface area contributed by atoms with E-state index in [-0.39, 0.29) is 5.75 Å². The van der Waals surface area contributed by atoms with E-state index in [1.807, 2.05) is 0 Å². The zero-order valence-corrected chi connectivity index (χ0v) is 10.8. The molecule has 106 valence electrons.